The number of fused-ring (bicyclic) bond motifs is 1. The average Bonchev–Trinajstić information content (AvgIpc) is 2.65. The average molecular weight is 471 g/mol. The van der Waals surface area contributed by atoms with Gasteiger partial charge in [-0.1, -0.05) is 35.1 Å². The Morgan fingerprint density at radius 1 is 1.03 bits per heavy atom. The highest BCUT2D eigenvalue weighted by Crippen LogP contribution is 2.24. The second-order valence-electron chi connectivity index (χ2n) is 6.05. The van der Waals surface area contributed by atoms with Crippen LogP contribution in [0.4, 0.5) is 0 Å². The number of hydrogen-bond acceptors (Lipinski definition) is 7. The Bertz CT molecular complexity index is 1360. The van der Waals surface area contributed by atoms with Crippen LogP contribution in [0.1, 0.15) is 5.56 Å². The zero-order valence-electron chi connectivity index (χ0n) is 15.0. The molecule has 1 heterocycles. The molecule has 0 aliphatic rings. The van der Waals surface area contributed by atoms with Crippen LogP contribution in [-0.2, 0) is 19.7 Å². The molecule has 10 heteroatoms. The summed E-state index contributed by atoms with van der Waals surface area (Å²) in [6, 6.07) is 12.4. The van der Waals surface area contributed by atoms with Crippen molar-refractivity contribution in [3.63, 3.8) is 0 Å². The van der Waals surface area contributed by atoms with Gasteiger partial charge in [-0.15, -0.1) is 0 Å². The van der Waals surface area contributed by atoms with Gasteiger partial charge in [0.2, 0.25) is 0 Å². The molecule has 0 bridgehead atoms. The summed E-state index contributed by atoms with van der Waals surface area (Å²) < 4.78 is 54.8. The molecule has 0 amide bonds. The molecular weight excluding hydrogens is 456 g/mol. The van der Waals surface area contributed by atoms with Crippen LogP contribution in [0.5, 0.6) is 5.75 Å². The van der Waals surface area contributed by atoms with Crippen LogP contribution in [0.15, 0.2) is 63.6 Å². The molecule has 0 radical (unpaired) electrons. The molecule has 6 nitrogen and oxygen atoms in total. The molecule has 0 aliphatic carbocycles. The highest BCUT2D eigenvalue weighted by molar-refractivity contribution is 8.09. The standard InChI is InChI=1S/C19H15ClO6S3/c1-26-16-5-2-13(3-6-16)8-9-28(22,23)12-29(24,25)18-11-14-10-15(20)4-7-17(14)27-19(18)21/h2-11H,12H2,1H3/b9-8+. The van der Waals surface area contributed by atoms with Crippen molar-refractivity contribution in [2.75, 3.05) is 12.2 Å². The first-order valence-corrected chi connectivity index (χ1v) is 12.7. The highest BCUT2D eigenvalue weighted by Gasteiger charge is 2.26. The summed E-state index contributed by atoms with van der Waals surface area (Å²) in [5, 5.41) is 0.437. The Hall–Kier alpha value is -2.20. The van der Waals surface area contributed by atoms with E-state index in [1.807, 2.05) is 0 Å². The van der Waals surface area contributed by atoms with E-state index in [9.17, 15) is 21.6 Å². The maximum atomic E-state index is 12.6. The molecule has 3 aromatic rings. The van der Waals surface area contributed by atoms with E-state index >= 15 is 0 Å². The fourth-order valence-corrected chi connectivity index (χ4v) is 7.40. The van der Waals surface area contributed by atoms with Gasteiger partial charge >= 0.3 is 0 Å². The van der Waals surface area contributed by atoms with Crippen LogP contribution in [0, 0.1) is 0 Å². The number of methoxy groups -OCH3 is 1. The van der Waals surface area contributed by atoms with Crippen molar-refractivity contribution < 1.29 is 21.6 Å². The Morgan fingerprint density at radius 3 is 2.38 bits per heavy atom. The van der Waals surface area contributed by atoms with Crippen molar-refractivity contribution in [2.45, 2.75) is 4.90 Å². The van der Waals surface area contributed by atoms with Gasteiger partial charge in [-0.25, -0.2) is 16.8 Å². The van der Waals surface area contributed by atoms with Crippen LogP contribution in [0.2, 0.25) is 5.02 Å². The molecule has 1 aromatic heterocycles. The van der Waals surface area contributed by atoms with Crippen LogP contribution >= 0.6 is 22.9 Å². The highest BCUT2D eigenvalue weighted by atomic mass is 35.5. The molecule has 0 N–H and O–H groups in total. The molecule has 152 valence electrons. The van der Waals surface area contributed by atoms with Crippen molar-refractivity contribution in [1.29, 1.82) is 0 Å². The second-order valence-corrected chi connectivity index (χ2v) is 11.7. The van der Waals surface area contributed by atoms with Crippen LogP contribution in [0.3, 0.4) is 0 Å². The van der Waals surface area contributed by atoms with Gasteiger partial charge in [0.05, 0.1) is 7.11 Å². The number of halogens is 1. The van der Waals surface area contributed by atoms with E-state index in [0.717, 1.165) is 22.8 Å². The molecule has 29 heavy (non-hydrogen) atoms. The maximum absolute atomic E-state index is 12.6. The third kappa shape index (κ3) is 5.24. The third-order valence-corrected chi connectivity index (χ3v) is 9.34. The van der Waals surface area contributed by atoms with E-state index in [2.05, 4.69) is 0 Å². The largest absolute Gasteiger partial charge is 0.497 e. The number of sulfone groups is 2. The van der Waals surface area contributed by atoms with Gasteiger partial charge in [-0.3, -0.25) is 4.79 Å². The van der Waals surface area contributed by atoms with Crippen molar-refractivity contribution in [3.8, 4) is 5.75 Å². The quantitative estimate of drug-likeness (QED) is 0.544. The molecule has 0 atom stereocenters. The van der Waals surface area contributed by atoms with Gasteiger partial charge in [0.15, 0.2) is 24.8 Å². The van der Waals surface area contributed by atoms with Gasteiger partial charge < -0.3 is 4.74 Å². The molecule has 0 unspecified atom stereocenters. The Kier molecular flexibility index (Phi) is 6.13. The van der Waals surface area contributed by atoms with E-state index in [1.54, 1.807) is 36.4 Å². The first kappa shape index (κ1) is 21.5. The smallest absolute Gasteiger partial charge is 0.251 e. The monoisotopic (exact) mass is 470 g/mol. The van der Waals surface area contributed by atoms with Crippen molar-refractivity contribution in [2.24, 2.45) is 0 Å². The van der Waals surface area contributed by atoms with E-state index in [0.29, 0.717) is 26.4 Å². The lowest BCUT2D eigenvalue weighted by Gasteiger charge is -2.05. The summed E-state index contributed by atoms with van der Waals surface area (Å²) in [4.78, 5) is 11.7. The van der Waals surface area contributed by atoms with Crippen LogP contribution in [0.25, 0.3) is 16.2 Å². The number of benzene rings is 2. The lowest BCUT2D eigenvalue weighted by molar-refractivity contribution is 0.415. The molecule has 0 saturated carbocycles. The van der Waals surface area contributed by atoms with Crippen molar-refractivity contribution >= 4 is 58.8 Å². The zero-order valence-corrected chi connectivity index (χ0v) is 18.2. The molecule has 0 spiro atoms. The molecule has 0 saturated heterocycles. The van der Waals surface area contributed by atoms with Gasteiger partial charge in [0.1, 0.15) is 10.6 Å². The minimum absolute atomic E-state index is 0.377. The summed E-state index contributed by atoms with van der Waals surface area (Å²) in [5.41, 5.74) is 0.554. The molecule has 2 aromatic carbocycles. The Balaban J connectivity index is 1.91. The van der Waals surface area contributed by atoms with E-state index in [-0.39, 0.29) is 0 Å². The maximum Gasteiger partial charge on any atom is 0.251 e. The number of hydrogen-bond donors (Lipinski definition) is 0. The summed E-state index contributed by atoms with van der Waals surface area (Å²) in [6.45, 7) is 0. The van der Waals surface area contributed by atoms with Gasteiger partial charge in [0, 0.05) is 15.1 Å². The SMILES string of the molecule is COc1ccc(/C=C/S(=O)(=O)CS(=O)(=O)c2cc3cc(Cl)ccc3sc2=O)cc1. The normalized spacial score (nSPS) is 12.5. The van der Waals surface area contributed by atoms with E-state index in [1.165, 1.54) is 19.3 Å². The van der Waals surface area contributed by atoms with Gasteiger partial charge in [-0.05, 0) is 53.4 Å². The summed E-state index contributed by atoms with van der Waals surface area (Å²) >= 11 is 6.64. The number of rotatable bonds is 6. The second kappa shape index (κ2) is 8.27. The Morgan fingerprint density at radius 2 is 1.72 bits per heavy atom. The fourth-order valence-electron chi connectivity index (χ4n) is 2.51. The predicted octanol–water partition coefficient (Wildman–Crippen LogP) is 3.74. The molecule has 0 fully saturated rings. The first-order chi connectivity index (χ1) is 13.6. The lowest BCUT2D eigenvalue weighted by atomic mass is 10.2. The number of ether oxygens (including phenoxy) is 1. The van der Waals surface area contributed by atoms with E-state index in [4.69, 9.17) is 16.3 Å². The zero-order chi connectivity index (χ0) is 21.2. The molecule has 3 rings (SSSR count). The topological polar surface area (TPSA) is 94.6 Å². The Labute approximate surface area is 176 Å². The molecular formula is C19H15ClO6S3. The first-order valence-electron chi connectivity index (χ1n) is 8.11. The van der Waals surface area contributed by atoms with Gasteiger partial charge in [-0.2, -0.15) is 0 Å². The van der Waals surface area contributed by atoms with Crippen LogP contribution < -0.4 is 9.48 Å². The minimum atomic E-state index is -4.37. The third-order valence-electron chi connectivity index (χ3n) is 3.90. The fraction of sp³-hybridized carbons (Fsp3) is 0.105. The van der Waals surface area contributed by atoms with Crippen molar-refractivity contribution in [1.82, 2.24) is 0 Å². The predicted molar refractivity (Wildman–Crippen MR) is 116 cm³/mol. The lowest BCUT2D eigenvalue weighted by Crippen LogP contribution is -2.20. The summed E-state index contributed by atoms with van der Waals surface area (Å²) in [6.07, 6.45) is 1.28. The van der Waals surface area contributed by atoms with E-state index < -0.39 is 34.4 Å². The van der Waals surface area contributed by atoms with Gasteiger partial charge in [0.25, 0.3) is 4.74 Å². The van der Waals surface area contributed by atoms with Crippen molar-refractivity contribution in [3.05, 3.63) is 74.1 Å². The summed E-state index contributed by atoms with van der Waals surface area (Å²) in [7, 11) is -7.01. The summed E-state index contributed by atoms with van der Waals surface area (Å²) in [5.74, 6) is 0.605. The minimum Gasteiger partial charge on any atom is -0.497 e. The molecule has 0 aliphatic heterocycles. The van der Waals surface area contributed by atoms with Crippen LogP contribution in [-0.4, -0.2) is 29.0 Å².